The zero-order valence-corrected chi connectivity index (χ0v) is 9.72. The Morgan fingerprint density at radius 2 is 2.53 bits per heavy atom. The summed E-state index contributed by atoms with van der Waals surface area (Å²) in [5.41, 5.74) is 2.91. The number of anilines is 1. The van der Waals surface area contributed by atoms with Gasteiger partial charge in [-0.25, -0.2) is 10.8 Å². The van der Waals surface area contributed by atoms with Crippen LogP contribution in [0.5, 0.6) is 0 Å². The van der Waals surface area contributed by atoms with E-state index in [9.17, 15) is 4.79 Å². The van der Waals surface area contributed by atoms with Crippen molar-refractivity contribution in [3.63, 3.8) is 0 Å². The summed E-state index contributed by atoms with van der Waals surface area (Å²) in [6.07, 6.45) is 2.46. The average Bonchev–Trinajstić information content (AvgIpc) is 2.90. The number of nitrogen functional groups attached to an aromatic ring is 1. The van der Waals surface area contributed by atoms with Crippen LogP contribution in [0.25, 0.3) is 0 Å². The van der Waals surface area contributed by atoms with Crippen LogP contribution in [-0.4, -0.2) is 42.1 Å². The molecule has 2 rings (SSSR count). The third-order valence-electron chi connectivity index (χ3n) is 2.95. The fourth-order valence-electron chi connectivity index (χ4n) is 1.88. The second-order valence-corrected chi connectivity index (χ2v) is 3.98. The number of carbonyl (C=O) groups is 1. The smallest absolute Gasteiger partial charge is 0.257 e. The Morgan fingerprint density at radius 3 is 3.18 bits per heavy atom. The Labute approximate surface area is 99.7 Å². The summed E-state index contributed by atoms with van der Waals surface area (Å²) in [6, 6.07) is 3.55. The number of hydrogen-bond acceptors (Lipinski definition) is 5. The van der Waals surface area contributed by atoms with Crippen LogP contribution in [0.15, 0.2) is 18.3 Å². The fourth-order valence-corrected chi connectivity index (χ4v) is 1.88. The lowest BCUT2D eigenvalue weighted by atomic mass is 10.1. The Morgan fingerprint density at radius 1 is 1.71 bits per heavy atom. The van der Waals surface area contributed by atoms with E-state index in [-0.39, 0.29) is 11.9 Å². The highest BCUT2D eigenvalue weighted by Gasteiger charge is 2.26. The molecule has 1 unspecified atom stereocenters. The molecule has 0 aliphatic carbocycles. The van der Waals surface area contributed by atoms with Gasteiger partial charge in [0, 0.05) is 19.9 Å². The van der Waals surface area contributed by atoms with E-state index >= 15 is 0 Å². The van der Waals surface area contributed by atoms with Crippen molar-refractivity contribution in [1.29, 1.82) is 0 Å². The summed E-state index contributed by atoms with van der Waals surface area (Å²) in [5.74, 6) is 5.63. The van der Waals surface area contributed by atoms with E-state index in [1.54, 1.807) is 30.3 Å². The molecule has 1 aliphatic rings. The van der Waals surface area contributed by atoms with Crippen molar-refractivity contribution >= 4 is 11.7 Å². The molecule has 0 spiro atoms. The molecule has 6 heteroatoms. The van der Waals surface area contributed by atoms with Gasteiger partial charge < -0.3 is 15.1 Å². The van der Waals surface area contributed by atoms with Crippen LogP contribution in [-0.2, 0) is 4.74 Å². The molecule has 0 bridgehead atoms. The first-order chi connectivity index (χ1) is 8.24. The molecule has 1 saturated heterocycles. The highest BCUT2D eigenvalue weighted by Crippen LogP contribution is 2.17. The molecule has 1 amide bonds. The van der Waals surface area contributed by atoms with Gasteiger partial charge in [-0.1, -0.05) is 0 Å². The van der Waals surface area contributed by atoms with Crippen LogP contribution < -0.4 is 11.3 Å². The Bertz CT molecular complexity index is 404. The minimum Gasteiger partial charge on any atom is -0.379 e. The number of nitrogens with one attached hydrogen (secondary N) is 1. The molecule has 1 fully saturated rings. The van der Waals surface area contributed by atoms with Gasteiger partial charge >= 0.3 is 0 Å². The number of hydrogen-bond donors (Lipinski definition) is 2. The summed E-state index contributed by atoms with van der Waals surface area (Å²) in [6.45, 7) is 1.30. The summed E-state index contributed by atoms with van der Waals surface area (Å²) in [4.78, 5) is 17.9. The molecule has 0 radical (unpaired) electrons. The van der Waals surface area contributed by atoms with E-state index in [4.69, 9.17) is 10.6 Å². The second kappa shape index (κ2) is 5.11. The van der Waals surface area contributed by atoms with Crippen LogP contribution in [0.3, 0.4) is 0 Å². The number of aromatic nitrogens is 1. The van der Waals surface area contributed by atoms with Gasteiger partial charge in [0.25, 0.3) is 5.91 Å². The largest absolute Gasteiger partial charge is 0.379 e. The van der Waals surface area contributed by atoms with Crippen molar-refractivity contribution < 1.29 is 9.53 Å². The van der Waals surface area contributed by atoms with Gasteiger partial charge in [0.1, 0.15) is 0 Å². The lowest BCUT2D eigenvalue weighted by Gasteiger charge is -2.23. The molecule has 1 atom stereocenters. The standard InChI is InChI=1S/C11H16N4O2/c1-15(8-4-6-17-7-8)11(16)9-3-2-5-13-10(9)14-12/h2-3,5,8H,4,6-7,12H2,1H3,(H,13,14). The highest BCUT2D eigenvalue weighted by molar-refractivity contribution is 5.98. The second-order valence-electron chi connectivity index (χ2n) is 3.98. The first-order valence-electron chi connectivity index (χ1n) is 5.50. The molecule has 17 heavy (non-hydrogen) atoms. The Hall–Kier alpha value is -1.66. The number of carbonyl (C=O) groups excluding carboxylic acids is 1. The molecule has 0 aromatic carbocycles. The van der Waals surface area contributed by atoms with Crippen molar-refractivity contribution in [3.05, 3.63) is 23.9 Å². The van der Waals surface area contributed by atoms with Crippen molar-refractivity contribution in [3.8, 4) is 0 Å². The number of hydrazine groups is 1. The molecular formula is C11H16N4O2. The van der Waals surface area contributed by atoms with E-state index in [0.717, 1.165) is 6.42 Å². The van der Waals surface area contributed by atoms with Gasteiger partial charge in [-0.05, 0) is 18.6 Å². The van der Waals surface area contributed by atoms with Gasteiger partial charge in [-0.2, -0.15) is 0 Å². The van der Waals surface area contributed by atoms with Crippen molar-refractivity contribution in [1.82, 2.24) is 9.88 Å². The predicted molar refractivity (Wildman–Crippen MR) is 63.4 cm³/mol. The lowest BCUT2D eigenvalue weighted by molar-refractivity contribution is 0.0712. The number of amides is 1. The van der Waals surface area contributed by atoms with E-state index in [0.29, 0.717) is 24.6 Å². The SMILES string of the molecule is CN(C(=O)c1cccnc1NN)C1CCOC1. The molecule has 0 saturated carbocycles. The minimum absolute atomic E-state index is 0.0958. The van der Waals surface area contributed by atoms with Gasteiger partial charge in [0.05, 0.1) is 18.2 Å². The summed E-state index contributed by atoms with van der Waals surface area (Å²) < 4.78 is 5.27. The number of rotatable bonds is 3. The molecule has 1 aromatic rings. The van der Waals surface area contributed by atoms with Gasteiger partial charge in [-0.3, -0.25) is 4.79 Å². The maximum Gasteiger partial charge on any atom is 0.257 e. The highest BCUT2D eigenvalue weighted by atomic mass is 16.5. The first kappa shape index (κ1) is 11.8. The molecule has 1 aliphatic heterocycles. The number of ether oxygens (including phenoxy) is 1. The van der Waals surface area contributed by atoms with E-state index in [2.05, 4.69) is 10.4 Å². The Balaban J connectivity index is 2.18. The van der Waals surface area contributed by atoms with Crippen molar-refractivity contribution in [2.75, 3.05) is 25.7 Å². The average molecular weight is 236 g/mol. The van der Waals surface area contributed by atoms with Crippen LogP contribution in [0.4, 0.5) is 5.82 Å². The van der Waals surface area contributed by atoms with Crippen LogP contribution in [0.2, 0.25) is 0 Å². The number of likely N-dealkylation sites (N-methyl/N-ethyl adjacent to an activating group) is 1. The molecule has 1 aromatic heterocycles. The summed E-state index contributed by atoms with van der Waals surface area (Å²) in [5, 5.41) is 0. The fraction of sp³-hybridized carbons (Fsp3) is 0.455. The van der Waals surface area contributed by atoms with Gasteiger partial charge in [0.2, 0.25) is 0 Å². The molecule has 2 heterocycles. The quantitative estimate of drug-likeness (QED) is 0.580. The van der Waals surface area contributed by atoms with Gasteiger partial charge in [-0.15, -0.1) is 0 Å². The molecule has 92 valence electrons. The molecule has 6 nitrogen and oxygen atoms in total. The monoisotopic (exact) mass is 236 g/mol. The summed E-state index contributed by atoms with van der Waals surface area (Å²) in [7, 11) is 1.77. The van der Waals surface area contributed by atoms with E-state index < -0.39 is 0 Å². The lowest BCUT2D eigenvalue weighted by Crippen LogP contribution is -2.37. The zero-order chi connectivity index (χ0) is 12.3. The first-order valence-corrected chi connectivity index (χ1v) is 5.50. The van der Waals surface area contributed by atoms with E-state index in [1.165, 1.54) is 0 Å². The summed E-state index contributed by atoms with van der Waals surface area (Å²) >= 11 is 0. The number of nitrogens with zero attached hydrogens (tertiary/aromatic N) is 2. The molecular weight excluding hydrogens is 220 g/mol. The zero-order valence-electron chi connectivity index (χ0n) is 9.72. The number of pyridine rings is 1. The van der Waals surface area contributed by atoms with E-state index in [1.807, 2.05) is 0 Å². The van der Waals surface area contributed by atoms with Crippen molar-refractivity contribution in [2.24, 2.45) is 5.84 Å². The maximum atomic E-state index is 12.2. The normalized spacial score (nSPS) is 19.1. The molecule has 3 N–H and O–H groups in total. The topological polar surface area (TPSA) is 80.5 Å². The van der Waals surface area contributed by atoms with Gasteiger partial charge in [0.15, 0.2) is 5.82 Å². The predicted octanol–water partition coefficient (Wildman–Crippen LogP) is 0.228. The van der Waals surface area contributed by atoms with Crippen LogP contribution >= 0.6 is 0 Å². The number of nitrogens with two attached hydrogens (primary N) is 1. The van der Waals surface area contributed by atoms with Crippen molar-refractivity contribution in [2.45, 2.75) is 12.5 Å². The Kier molecular flexibility index (Phi) is 3.55. The van der Waals surface area contributed by atoms with Crippen LogP contribution in [0.1, 0.15) is 16.8 Å². The minimum atomic E-state index is -0.0958. The maximum absolute atomic E-state index is 12.2. The third-order valence-corrected chi connectivity index (χ3v) is 2.95. The third kappa shape index (κ3) is 2.37. The van der Waals surface area contributed by atoms with Crippen LogP contribution in [0, 0.1) is 0 Å².